The fourth-order valence-corrected chi connectivity index (χ4v) is 3.93. The van der Waals surface area contributed by atoms with Gasteiger partial charge in [-0.05, 0) is 35.4 Å². The molecule has 1 aliphatic heterocycles. The lowest BCUT2D eigenvalue weighted by Crippen LogP contribution is -2.30. The molecule has 1 saturated heterocycles. The van der Waals surface area contributed by atoms with Crippen molar-refractivity contribution >= 4 is 44.6 Å². The Bertz CT molecular complexity index is 965. The first kappa shape index (κ1) is 16.2. The van der Waals surface area contributed by atoms with E-state index < -0.39 is 6.04 Å². The van der Waals surface area contributed by atoms with E-state index in [9.17, 15) is 9.59 Å². The van der Waals surface area contributed by atoms with Crippen molar-refractivity contribution in [1.29, 1.82) is 0 Å². The van der Waals surface area contributed by atoms with Crippen molar-refractivity contribution in [2.75, 3.05) is 0 Å². The average Bonchev–Trinajstić information content (AvgIpc) is 3.14. The molecule has 1 aliphatic rings. The largest absolute Gasteiger partial charge is 0.343 e. The predicted octanol–water partition coefficient (Wildman–Crippen LogP) is 4.24. The third-order valence-electron chi connectivity index (χ3n) is 4.36. The number of thioether (sulfide) groups is 1. The summed E-state index contributed by atoms with van der Waals surface area (Å²) in [6.07, 6.45) is 2.56. The van der Waals surface area contributed by atoms with Crippen LogP contribution in [0.1, 0.15) is 11.1 Å². The summed E-state index contributed by atoms with van der Waals surface area (Å²) in [5.74, 6) is 0. The summed E-state index contributed by atoms with van der Waals surface area (Å²) in [5, 5.41) is 4.19. The SMILES string of the molecule is O=C1NC(Cc2cccc3c2ccn3Cc2ccc(Cl)cc2)C(=O)S1. The van der Waals surface area contributed by atoms with Crippen molar-refractivity contribution in [3.05, 3.63) is 70.9 Å². The van der Waals surface area contributed by atoms with Gasteiger partial charge in [-0.25, -0.2) is 0 Å². The molecule has 1 atom stereocenters. The van der Waals surface area contributed by atoms with Crippen LogP contribution in [0, 0.1) is 0 Å². The van der Waals surface area contributed by atoms with E-state index in [0.29, 0.717) is 6.42 Å². The first-order valence-electron chi connectivity index (χ1n) is 7.93. The molecule has 6 heteroatoms. The molecule has 1 unspecified atom stereocenters. The van der Waals surface area contributed by atoms with Crippen molar-refractivity contribution in [3.63, 3.8) is 0 Å². The summed E-state index contributed by atoms with van der Waals surface area (Å²) in [7, 11) is 0. The monoisotopic (exact) mass is 370 g/mol. The molecule has 25 heavy (non-hydrogen) atoms. The highest BCUT2D eigenvalue weighted by Gasteiger charge is 2.31. The molecule has 4 nitrogen and oxygen atoms in total. The van der Waals surface area contributed by atoms with Crippen LogP contribution in [0.25, 0.3) is 10.9 Å². The molecule has 0 radical (unpaired) electrons. The lowest BCUT2D eigenvalue weighted by Gasteiger charge is -2.10. The smallest absolute Gasteiger partial charge is 0.287 e. The minimum absolute atomic E-state index is 0.109. The Hall–Kier alpha value is -2.24. The highest BCUT2D eigenvalue weighted by Crippen LogP contribution is 2.25. The standard InChI is InChI=1S/C19H15ClN2O2S/c20-14-6-4-12(5-7-14)11-22-9-8-15-13(2-1-3-17(15)22)10-16-18(23)25-19(24)21-16/h1-9,16H,10-11H2,(H,21,24). The van der Waals surface area contributed by atoms with Crippen LogP contribution in [-0.4, -0.2) is 21.0 Å². The Kier molecular flexibility index (Phi) is 4.27. The number of amides is 1. The van der Waals surface area contributed by atoms with Gasteiger partial charge in [0, 0.05) is 46.8 Å². The van der Waals surface area contributed by atoms with Gasteiger partial charge in [-0.1, -0.05) is 35.9 Å². The molecule has 1 amide bonds. The van der Waals surface area contributed by atoms with Gasteiger partial charge < -0.3 is 9.88 Å². The minimum Gasteiger partial charge on any atom is -0.343 e. The normalized spacial score (nSPS) is 17.2. The molecule has 0 aliphatic carbocycles. The van der Waals surface area contributed by atoms with E-state index in [4.69, 9.17) is 11.6 Å². The molecule has 1 N–H and O–H groups in total. The van der Waals surface area contributed by atoms with Crippen LogP contribution in [0.4, 0.5) is 4.79 Å². The summed E-state index contributed by atoms with van der Waals surface area (Å²) in [6.45, 7) is 0.749. The molecular weight excluding hydrogens is 356 g/mol. The van der Waals surface area contributed by atoms with Crippen LogP contribution in [0.5, 0.6) is 0 Å². The van der Waals surface area contributed by atoms with Gasteiger partial charge in [-0.3, -0.25) is 9.59 Å². The number of benzene rings is 2. The van der Waals surface area contributed by atoms with Gasteiger partial charge in [-0.15, -0.1) is 0 Å². The zero-order valence-electron chi connectivity index (χ0n) is 13.2. The van der Waals surface area contributed by atoms with Gasteiger partial charge in [0.05, 0.1) is 0 Å². The molecular formula is C19H15ClN2O2S. The van der Waals surface area contributed by atoms with Crippen LogP contribution >= 0.6 is 23.4 Å². The van der Waals surface area contributed by atoms with Gasteiger partial charge in [0.25, 0.3) is 5.24 Å². The first-order valence-corrected chi connectivity index (χ1v) is 9.13. The third kappa shape index (κ3) is 3.30. The molecule has 0 saturated carbocycles. The van der Waals surface area contributed by atoms with Crippen LogP contribution in [0.15, 0.2) is 54.7 Å². The molecule has 2 aromatic carbocycles. The highest BCUT2D eigenvalue weighted by molar-refractivity contribution is 8.26. The Morgan fingerprint density at radius 1 is 1.08 bits per heavy atom. The van der Waals surface area contributed by atoms with Gasteiger partial charge in [0.2, 0.25) is 5.12 Å². The summed E-state index contributed by atoms with van der Waals surface area (Å²) in [5.41, 5.74) is 3.34. The Labute approximate surface area is 154 Å². The lowest BCUT2D eigenvalue weighted by atomic mass is 10.0. The number of rotatable bonds is 4. The molecule has 126 valence electrons. The van der Waals surface area contributed by atoms with E-state index in [0.717, 1.165) is 39.8 Å². The second-order valence-electron chi connectivity index (χ2n) is 6.03. The first-order chi connectivity index (χ1) is 12.1. The molecule has 3 aromatic rings. The molecule has 0 spiro atoms. The number of carbonyl (C=O) groups is 2. The summed E-state index contributed by atoms with van der Waals surface area (Å²) in [4.78, 5) is 23.2. The topological polar surface area (TPSA) is 51.1 Å². The number of fused-ring (bicyclic) bond motifs is 1. The molecule has 1 fully saturated rings. The number of nitrogens with zero attached hydrogens (tertiary/aromatic N) is 1. The molecule has 1 aromatic heterocycles. The van der Waals surface area contributed by atoms with Gasteiger partial charge in [-0.2, -0.15) is 0 Å². The summed E-state index contributed by atoms with van der Waals surface area (Å²) in [6, 6.07) is 15.5. The fourth-order valence-electron chi connectivity index (χ4n) is 3.14. The number of nitrogens with one attached hydrogen (secondary N) is 1. The Balaban J connectivity index is 1.62. The van der Waals surface area contributed by atoms with E-state index >= 15 is 0 Å². The lowest BCUT2D eigenvalue weighted by molar-refractivity contribution is -0.112. The van der Waals surface area contributed by atoms with Gasteiger partial charge in [0.1, 0.15) is 6.04 Å². The highest BCUT2D eigenvalue weighted by atomic mass is 35.5. The summed E-state index contributed by atoms with van der Waals surface area (Å²) >= 11 is 6.70. The molecule has 4 rings (SSSR count). The van der Waals surface area contributed by atoms with Crippen molar-refractivity contribution in [3.8, 4) is 0 Å². The third-order valence-corrected chi connectivity index (χ3v) is 5.41. The van der Waals surface area contributed by atoms with Crippen molar-refractivity contribution in [2.45, 2.75) is 19.0 Å². The maximum atomic E-state index is 11.9. The zero-order chi connectivity index (χ0) is 17.4. The van der Waals surface area contributed by atoms with Crippen LogP contribution in [0.3, 0.4) is 0 Å². The molecule has 2 heterocycles. The second kappa shape index (κ2) is 6.58. The number of halogens is 1. The number of aromatic nitrogens is 1. The summed E-state index contributed by atoms with van der Waals surface area (Å²) < 4.78 is 2.17. The zero-order valence-corrected chi connectivity index (χ0v) is 14.8. The quantitative estimate of drug-likeness (QED) is 0.747. The van der Waals surface area contributed by atoms with Crippen molar-refractivity contribution in [1.82, 2.24) is 9.88 Å². The Morgan fingerprint density at radius 3 is 2.60 bits per heavy atom. The van der Waals surface area contributed by atoms with E-state index in [1.54, 1.807) is 0 Å². The predicted molar refractivity (Wildman–Crippen MR) is 101 cm³/mol. The fraction of sp³-hybridized carbons (Fsp3) is 0.158. The van der Waals surface area contributed by atoms with Gasteiger partial charge in [0.15, 0.2) is 0 Å². The van der Waals surface area contributed by atoms with Crippen LogP contribution in [-0.2, 0) is 17.8 Å². The van der Waals surface area contributed by atoms with Crippen molar-refractivity contribution in [2.24, 2.45) is 0 Å². The number of carbonyl (C=O) groups excluding carboxylic acids is 2. The van der Waals surface area contributed by atoms with E-state index in [2.05, 4.69) is 22.0 Å². The van der Waals surface area contributed by atoms with Gasteiger partial charge >= 0.3 is 0 Å². The maximum Gasteiger partial charge on any atom is 0.287 e. The second-order valence-corrected chi connectivity index (χ2v) is 7.44. The average molecular weight is 371 g/mol. The minimum atomic E-state index is -0.442. The van der Waals surface area contributed by atoms with Crippen LogP contribution < -0.4 is 5.32 Å². The van der Waals surface area contributed by atoms with Crippen LogP contribution in [0.2, 0.25) is 5.02 Å². The number of hydrogen-bond donors (Lipinski definition) is 1. The maximum absolute atomic E-state index is 11.9. The van der Waals surface area contributed by atoms with E-state index in [1.165, 1.54) is 5.56 Å². The Morgan fingerprint density at radius 2 is 1.88 bits per heavy atom. The number of hydrogen-bond acceptors (Lipinski definition) is 3. The van der Waals surface area contributed by atoms with E-state index in [-0.39, 0.29) is 10.4 Å². The van der Waals surface area contributed by atoms with E-state index in [1.807, 2.05) is 42.6 Å². The molecule has 0 bridgehead atoms. The van der Waals surface area contributed by atoms with Crippen molar-refractivity contribution < 1.29 is 9.59 Å².